The highest BCUT2D eigenvalue weighted by atomic mass is 32.1. The van der Waals surface area contributed by atoms with Gasteiger partial charge in [-0.1, -0.05) is 61.4 Å². The second-order valence-electron chi connectivity index (χ2n) is 4.97. The third kappa shape index (κ3) is 3.58. The van der Waals surface area contributed by atoms with Crippen LogP contribution in [0.2, 0.25) is 0 Å². The Kier molecular flexibility index (Phi) is 5.56. The zero-order valence-corrected chi connectivity index (χ0v) is 13.1. The lowest BCUT2D eigenvalue weighted by atomic mass is 10.1. The number of nitrogens with two attached hydrogens (primary N) is 1. The summed E-state index contributed by atoms with van der Waals surface area (Å²) in [5, 5.41) is 1.07. The first-order valence-corrected chi connectivity index (χ1v) is 8.04. The summed E-state index contributed by atoms with van der Waals surface area (Å²) >= 11 is 1.71. The van der Waals surface area contributed by atoms with Gasteiger partial charge in [0.05, 0.1) is 5.69 Å². The molecule has 2 rings (SSSR count). The third-order valence-electron chi connectivity index (χ3n) is 3.34. The fraction of sp³-hybridized carbons (Fsp3) is 0.438. The molecule has 20 heavy (non-hydrogen) atoms. The van der Waals surface area contributed by atoms with Crippen LogP contribution in [-0.4, -0.2) is 18.6 Å². The van der Waals surface area contributed by atoms with Crippen LogP contribution >= 0.6 is 11.3 Å². The molecule has 2 aromatic rings. The van der Waals surface area contributed by atoms with E-state index in [9.17, 15) is 0 Å². The Labute approximate surface area is 125 Å². The zero-order chi connectivity index (χ0) is 14.4. The lowest BCUT2D eigenvalue weighted by Crippen LogP contribution is -2.18. The van der Waals surface area contributed by atoms with Gasteiger partial charge in [0.1, 0.15) is 0 Å². The minimum absolute atomic E-state index is 0.546. The number of rotatable bonds is 7. The quantitative estimate of drug-likeness (QED) is 0.786. The van der Waals surface area contributed by atoms with Gasteiger partial charge in [-0.3, -0.25) is 0 Å². The Morgan fingerprint density at radius 3 is 2.60 bits per heavy atom. The molecule has 0 bridgehead atoms. The summed E-state index contributed by atoms with van der Waals surface area (Å²) in [6.07, 6.45) is 3.73. The van der Waals surface area contributed by atoms with Gasteiger partial charge in [-0.15, -0.1) is 0 Å². The average molecular weight is 289 g/mol. The van der Waals surface area contributed by atoms with Gasteiger partial charge in [-0.2, -0.15) is 0 Å². The molecule has 0 saturated heterocycles. The topological polar surface area (TPSA) is 42.2 Å². The molecule has 1 heterocycles. The van der Waals surface area contributed by atoms with Crippen LogP contribution in [-0.2, 0) is 6.54 Å². The Balaban J connectivity index is 2.18. The van der Waals surface area contributed by atoms with E-state index < -0.39 is 0 Å². The number of thiazole rings is 1. The zero-order valence-electron chi connectivity index (χ0n) is 12.3. The van der Waals surface area contributed by atoms with Crippen molar-refractivity contribution in [3.8, 4) is 11.3 Å². The Bertz CT molecular complexity index is 522. The highest BCUT2D eigenvalue weighted by Gasteiger charge is 2.14. The number of anilines is 1. The van der Waals surface area contributed by atoms with Crippen molar-refractivity contribution in [1.29, 1.82) is 0 Å². The van der Waals surface area contributed by atoms with Crippen LogP contribution in [0.1, 0.15) is 31.1 Å². The standard InChI is InChI=1S/C16H23N3S/c1-3-4-8-11-19(2)16-18-15(14(12-17)20-16)13-9-6-5-7-10-13/h5-7,9-10H,3-4,8,11-12,17H2,1-2H3. The molecule has 0 radical (unpaired) electrons. The summed E-state index contributed by atoms with van der Waals surface area (Å²) in [7, 11) is 2.11. The molecule has 0 spiro atoms. The molecule has 0 amide bonds. The Morgan fingerprint density at radius 1 is 1.20 bits per heavy atom. The van der Waals surface area contributed by atoms with Gasteiger partial charge in [0.2, 0.25) is 0 Å². The van der Waals surface area contributed by atoms with Crippen LogP contribution in [0.15, 0.2) is 30.3 Å². The predicted octanol–water partition coefficient (Wildman–Crippen LogP) is 3.90. The smallest absolute Gasteiger partial charge is 0.185 e. The normalized spacial score (nSPS) is 10.8. The van der Waals surface area contributed by atoms with Crippen molar-refractivity contribution in [3.05, 3.63) is 35.2 Å². The molecule has 4 heteroatoms. The largest absolute Gasteiger partial charge is 0.351 e. The second-order valence-corrected chi connectivity index (χ2v) is 6.03. The van der Waals surface area contributed by atoms with E-state index in [-0.39, 0.29) is 0 Å². The summed E-state index contributed by atoms with van der Waals surface area (Å²) in [5.74, 6) is 0. The summed E-state index contributed by atoms with van der Waals surface area (Å²) in [6, 6.07) is 10.3. The van der Waals surface area contributed by atoms with Crippen LogP contribution in [0.25, 0.3) is 11.3 Å². The molecule has 3 nitrogen and oxygen atoms in total. The number of aromatic nitrogens is 1. The van der Waals surface area contributed by atoms with Gasteiger partial charge < -0.3 is 10.6 Å². The summed E-state index contributed by atoms with van der Waals surface area (Å²) in [4.78, 5) is 8.20. The van der Waals surface area contributed by atoms with Crippen molar-refractivity contribution in [2.75, 3.05) is 18.5 Å². The van der Waals surface area contributed by atoms with Crippen molar-refractivity contribution in [2.24, 2.45) is 5.73 Å². The van der Waals surface area contributed by atoms with Gasteiger partial charge in [0.15, 0.2) is 5.13 Å². The molecular formula is C16H23N3S. The van der Waals surface area contributed by atoms with E-state index in [0.29, 0.717) is 6.54 Å². The minimum Gasteiger partial charge on any atom is -0.351 e. The molecule has 0 fully saturated rings. The van der Waals surface area contributed by atoms with E-state index >= 15 is 0 Å². The van der Waals surface area contributed by atoms with Gasteiger partial charge in [0, 0.05) is 30.6 Å². The lowest BCUT2D eigenvalue weighted by molar-refractivity contribution is 0.704. The number of hydrogen-bond acceptors (Lipinski definition) is 4. The SMILES string of the molecule is CCCCCN(C)c1nc(-c2ccccc2)c(CN)s1. The molecule has 0 unspecified atom stereocenters. The van der Waals surface area contributed by atoms with E-state index in [2.05, 4.69) is 31.0 Å². The average Bonchev–Trinajstić information content (AvgIpc) is 2.92. The molecule has 0 aliphatic heterocycles. The van der Waals surface area contributed by atoms with Crippen LogP contribution in [0, 0.1) is 0 Å². The van der Waals surface area contributed by atoms with Crippen LogP contribution < -0.4 is 10.6 Å². The van der Waals surface area contributed by atoms with E-state index in [1.54, 1.807) is 11.3 Å². The molecular weight excluding hydrogens is 266 g/mol. The molecule has 2 N–H and O–H groups in total. The van der Waals surface area contributed by atoms with Crippen molar-refractivity contribution in [1.82, 2.24) is 4.98 Å². The maximum absolute atomic E-state index is 5.88. The first kappa shape index (κ1) is 15.0. The molecule has 108 valence electrons. The highest BCUT2D eigenvalue weighted by Crippen LogP contribution is 2.32. The Hall–Kier alpha value is -1.39. The lowest BCUT2D eigenvalue weighted by Gasteiger charge is -2.14. The van der Waals surface area contributed by atoms with Gasteiger partial charge >= 0.3 is 0 Å². The molecule has 1 aromatic heterocycles. The molecule has 0 atom stereocenters. The van der Waals surface area contributed by atoms with Crippen LogP contribution in [0.4, 0.5) is 5.13 Å². The van der Waals surface area contributed by atoms with E-state index in [4.69, 9.17) is 10.7 Å². The van der Waals surface area contributed by atoms with Crippen molar-refractivity contribution < 1.29 is 0 Å². The molecule has 0 aliphatic rings. The van der Waals surface area contributed by atoms with Crippen LogP contribution in [0.3, 0.4) is 0 Å². The molecule has 0 aliphatic carbocycles. The summed E-state index contributed by atoms with van der Waals surface area (Å²) in [6.45, 7) is 3.83. The van der Waals surface area contributed by atoms with Crippen molar-refractivity contribution >= 4 is 16.5 Å². The fourth-order valence-corrected chi connectivity index (χ4v) is 3.11. The first-order valence-electron chi connectivity index (χ1n) is 7.22. The monoisotopic (exact) mass is 289 g/mol. The number of benzene rings is 1. The van der Waals surface area contributed by atoms with Crippen molar-refractivity contribution in [2.45, 2.75) is 32.7 Å². The van der Waals surface area contributed by atoms with Gasteiger partial charge in [-0.05, 0) is 6.42 Å². The maximum atomic E-state index is 5.88. The minimum atomic E-state index is 0.546. The number of hydrogen-bond donors (Lipinski definition) is 1. The van der Waals surface area contributed by atoms with E-state index in [0.717, 1.165) is 27.8 Å². The van der Waals surface area contributed by atoms with Crippen LogP contribution in [0.5, 0.6) is 0 Å². The highest BCUT2D eigenvalue weighted by molar-refractivity contribution is 7.16. The van der Waals surface area contributed by atoms with Gasteiger partial charge in [-0.25, -0.2) is 4.98 Å². The van der Waals surface area contributed by atoms with Crippen molar-refractivity contribution in [3.63, 3.8) is 0 Å². The molecule has 1 aromatic carbocycles. The second kappa shape index (κ2) is 7.41. The first-order chi connectivity index (χ1) is 9.76. The fourth-order valence-electron chi connectivity index (χ4n) is 2.16. The number of nitrogens with zero attached hydrogens (tertiary/aromatic N) is 2. The summed E-state index contributed by atoms with van der Waals surface area (Å²) in [5.41, 5.74) is 8.06. The maximum Gasteiger partial charge on any atom is 0.185 e. The van der Waals surface area contributed by atoms with E-state index in [1.807, 2.05) is 18.2 Å². The molecule has 0 saturated carbocycles. The Morgan fingerprint density at radius 2 is 1.95 bits per heavy atom. The third-order valence-corrected chi connectivity index (χ3v) is 4.53. The van der Waals surface area contributed by atoms with E-state index in [1.165, 1.54) is 19.3 Å². The predicted molar refractivity (Wildman–Crippen MR) is 88.2 cm³/mol. The van der Waals surface area contributed by atoms with Gasteiger partial charge in [0.25, 0.3) is 0 Å². The number of unbranched alkanes of at least 4 members (excludes halogenated alkanes) is 2. The summed E-state index contributed by atoms with van der Waals surface area (Å²) < 4.78 is 0.